The van der Waals surface area contributed by atoms with Crippen molar-refractivity contribution in [2.45, 2.75) is 13.5 Å². The van der Waals surface area contributed by atoms with Crippen LogP contribution in [0.2, 0.25) is 0 Å². The topological polar surface area (TPSA) is 59.4 Å². The number of carboxylic acids is 1. The lowest BCUT2D eigenvalue weighted by Crippen LogP contribution is -2.02. The van der Waals surface area contributed by atoms with Crippen LogP contribution in [0.3, 0.4) is 0 Å². The first-order valence-electron chi connectivity index (χ1n) is 7.05. The smallest absolute Gasteiger partial charge is 0.337 e. The molecule has 0 aliphatic carbocycles. The fourth-order valence-electron chi connectivity index (χ4n) is 2.34. The van der Waals surface area contributed by atoms with Gasteiger partial charge in [0.1, 0.15) is 18.2 Å². The normalized spacial score (nSPS) is 10.7. The van der Waals surface area contributed by atoms with E-state index in [1.54, 1.807) is 43.3 Å². The number of ether oxygens (including phenoxy) is 1. The summed E-state index contributed by atoms with van der Waals surface area (Å²) in [7, 11) is 0. The van der Waals surface area contributed by atoms with Crippen LogP contribution in [0.4, 0.5) is 4.39 Å². The molecule has 0 atom stereocenters. The Labute approximate surface area is 132 Å². The van der Waals surface area contributed by atoms with Crippen LogP contribution < -0.4 is 4.74 Å². The zero-order valence-corrected chi connectivity index (χ0v) is 12.4. The second-order valence-electron chi connectivity index (χ2n) is 5.20. The average molecular weight is 311 g/mol. The molecule has 3 rings (SSSR count). The summed E-state index contributed by atoms with van der Waals surface area (Å²) in [6, 6.07) is 13.1. The van der Waals surface area contributed by atoms with Gasteiger partial charge in [0.2, 0.25) is 0 Å². The van der Waals surface area contributed by atoms with E-state index in [0.29, 0.717) is 17.0 Å². The van der Waals surface area contributed by atoms with Crippen molar-refractivity contribution in [3.63, 3.8) is 0 Å². The van der Waals surface area contributed by atoms with E-state index < -0.39 is 5.97 Å². The first-order valence-corrected chi connectivity index (χ1v) is 7.05. The quantitative estimate of drug-likeness (QED) is 0.792. The molecule has 0 fully saturated rings. The highest BCUT2D eigenvalue weighted by atomic mass is 19.1. The van der Waals surface area contributed by atoms with Crippen molar-refractivity contribution in [1.82, 2.24) is 4.98 Å². The monoisotopic (exact) mass is 311 g/mol. The van der Waals surface area contributed by atoms with Gasteiger partial charge in [-0.3, -0.25) is 4.98 Å². The van der Waals surface area contributed by atoms with Crippen LogP contribution in [-0.2, 0) is 6.61 Å². The summed E-state index contributed by atoms with van der Waals surface area (Å²) in [6.07, 6.45) is 0. The number of aryl methyl sites for hydroxylation is 1. The maximum Gasteiger partial charge on any atom is 0.337 e. The van der Waals surface area contributed by atoms with E-state index in [-0.39, 0.29) is 18.0 Å². The van der Waals surface area contributed by atoms with E-state index in [9.17, 15) is 9.18 Å². The summed E-state index contributed by atoms with van der Waals surface area (Å²) < 4.78 is 18.8. The Morgan fingerprint density at radius 3 is 2.78 bits per heavy atom. The SMILES string of the molecule is Cc1nc2cc(OCc3cccc(F)c3)ccc2cc1C(=O)O. The maximum atomic E-state index is 13.1. The molecule has 1 aromatic heterocycles. The van der Waals surface area contributed by atoms with Crippen molar-refractivity contribution < 1.29 is 19.0 Å². The number of rotatable bonds is 4. The van der Waals surface area contributed by atoms with Crippen LogP contribution in [0.15, 0.2) is 48.5 Å². The van der Waals surface area contributed by atoms with Gasteiger partial charge in [-0.25, -0.2) is 9.18 Å². The number of aromatic nitrogens is 1. The molecular weight excluding hydrogens is 297 g/mol. The van der Waals surface area contributed by atoms with Gasteiger partial charge in [0.25, 0.3) is 0 Å². The van der Waals surface area contributed by atoms with Crippen LogP contribution in [0.25, 0.3) is 10.9 Å². The van der Waals surface area contributed by atoms with Crippen molar-refractivity contribution in [2.75, 3.05) is 0 Å². The fraction of sp³-hybridized carbons (Fsp3) is 0.111. The number of nitrogens with zero attached hydrogens (tertiary/aromatic N) is 1. The third-order valence-corrected chi connectivity index (χ3v) is 3.50. The largest absolute Gasteiger partial charge is 0.489 e. The van der Waals surface area contributed by atoms with Gasteiger partial charge in [0.15, 0.2) is 0 Å². The van der Waals surface area contributed by atoms with Crippen LogP contribution >= 0.6 is 0 Å². The highest BCUT2D eigenvalue weighted by molar-refractivity contribution is 5.94. The Morgan fingerprint density at radius 2 is 2.04 bits per heavy atom. The number of fused-ring (bicyclic) bond motifs is 1. The number of hydrogen-bond acceptors (Lipinski definition) is 3. The molecule has 0 aliphatic rings. The molecule has 4 nitrogen and oxygen atoms in total. The van der Waals surface area contributed by atoms with Gasteiger partial charge in [-0.15, -0.1) is 0 Å². The molecule has 0 amide bonds. The predicted molar refractivity (Wildman–Crippen MR) is 84.2 cm³/mol. The van der Waals surface area contributed by atoms with E-state index in [4.69, 9.17) is 9.84 Å². The van der Waals surface area contributed by atoms with Crippen LogP contribution in [0.5, 0.6) is 5.75 Å². The van der Waals surface area contributed by atoms with Gasteiger partial charge >= 0.3 is 5.97 Å². The fourth-order valence-corrected chi connectivity index (χ4v) is 2.34. The molecule has 0 radical (unpaired) electrons. The standard InChI is InChI=1S/C18H14FNO3/c1-11-16(18(21)22)8-13-5-6-15(9-17(13)20-11)23-10-12-3-2-4-14(19)7-12/h2-9H,10H2,1H3,(H,21,22). The maximum absolute atomic E-state index is 13.1. The molecule has 1 N–H and O–H groups in total. The van der Waals surface area contributed by atoms with Gasteiger partial charge in [0, 0.05) is 11.5 Å². The van der Waals surface area contributed by atoms with E-state index in [0.717, 1.165) is 10.9 Å². The number of halogens is 1. The summed E-state index contributed by atoms with van der Waals surface area (Å²) >= 11 is 0. The summed E-state index contributed by atoms with van der Waals surface area (Å²) in [5.41, 5.74) is 2.03. The minimum absolute atomic E-state index is 0.186. The Kier molecular flexibility index (Phi) is 3.93. The van der Waals surface area contributed by atoms with Crippen molar-refractivity contribution in [3.8, 4) is 5.75 Å². The minimum atomic E-state index is -0.997. The Balaban J connectivity index is 1.85. The molecule has 0 saturated carbocycles. The number of carbonyl (C=O) groups is 1. The summed E-state index contributed by atoms with van der Waals surface area (Å²) in [5, 5.41) is 9.84. The second-order valence-corrected chi connectivity index (χ2v) is 5.20. The molecule has 0 spiro atoms. The second kappa shape index (κ2) is 6.04. The number of aromatic carboxylic acids is 1. The minimum Gasteiger partial charge on any atom is -0.489 e. The molecule has 0 aliphatic heterocycles. The van der Waals surface area contributed by atoms with Gasteiger partial charge in [-0.1, -0.05) is 12.1 Å². The molecule has 116 valence electrons. The zero-order chi connectivity index (χ0) is 16.4. The molecule has 0 unspecified atom stereocenters. The Hall–Kier alpha value is -2.95. The van der Waals surface area contributed by atoms with Crippen LogP contribution in [0.1, 0.15) is 21.6 Å². The molecular formula is C18H14FNO3. The van der Waals surface area contributed by atoms with Gasteiger partial charge in [-0.2, -0.15) is 0 Å². The zero-order valence-electron chi connectivity index (χ0n) is 12.4. The number of pyridine rings is 1. The molecule has 5 heteroatoms. The van der Waals surface area contributed by atoms with E-state index in [1.807, 2.05) is 0 Å². The van der Waals surface area contributed by atoms with Gasteiger partial charge in [0.05, 0.1) is 16.8 Å². The number of benzene rings is 2. The van der Waals surface area contributed by atoms with E-state index in [1.165, 1.54) is 12.1 Å². The lowest BCUT2D eigenvalue weighted by atomic mass is 10.1. The third-order valence-electron chi connectivity index (χ3n) is 3.50. The highest BCUT2D eigenvalue weighted by Gasteiger charge is 2.10. The molecule has 0 saturated heterocycles. The van der Waals surface area contributed by atoms with Crippen molar-refractivity contribution >= 4 is 16.9 Å². The number of hydrogen-bond donors (Lipinski definition) is 1. The van der Waals surface area contributed by atoms with E-state index in [2.05, 4.69) is 4.98 Å². The molecule has 2 aromatic carbocycles. The molecule has 1 heterocycles. The van der Waals surface area contributed by atoms with Crippen LogP contribution in [0, 0.1) is 12.7 Å². The third kappa shape index (κ3) is 3.29. The van der Waals surface area contributed by atoms with E-state index >= 15 is 0 Å². The summed E-state index contributed by atoms with van der Waals surface area (Å²) in [6.45, 7) is 1.90. The van der Waals surface area contributed by atoms with Crippen molar-refractivity contribution in [2.24, 2.45) is 0 Å². The van der Waals surface area contributed by atoms with Gasteiger partial charge < -0.3 is 9.84 Å². The lowest BCUT2D eigenvalue weighted by molar-refractivity contribution is 0.0696. The lowest BCUT2D eigenvalue weighted by Gasteiger charge is -2.08. The Bertz CT molecular complexity index is 893. The first kappa shape index (κ1) is 15.0. The van der Waals surface area contributed by atoms with Crippen LogP contribution in [-0.4, -0.2) is 16.1 Å². The molecule has 23 heavy (non-hydrogen) atoms. The molecule has 3 aromatic rings. The Morgan fingerprint density at radius 1 is 1.22 bits per heavy atom. The van der Waals surface area contributed by atoms with Gasteiger partial charge in [-0.05, 0) is 42.8 Å². The first-order chi connectivity index (χ1) is 11.0. The summed E-state index contributed by atoms with van der Waals surface area (Å²) in [5.74, 6) is -0.705. The predicted octanol–water partition coefficient (Wildman–Crippen LogP) is 3.96. The van der Waals surface area contributed by atoms with Crippen molar-refractivity contribution in [1.29, 1.82) is 0 Å². The highest BCUT2D eigenvalue weighted by Crippen LogP contribution is 2.22. The average Bonchev–Trinajstić information content (AvgIpc) is 2.52. The number of carboxylic acid groups (broad SMARTS) is 1. The summed E-state index contributed by atoms with van der Waals surface area (Å²) in [4.78, 5) is 15.4. The molecule has 0 bridgehead atoms. The van der Waals surface area contributed by atoms with Crippen molar-refractivity contribution in [3.05, 3.63) is 71.2 Å².